The van der Waals surface area contributed by atoms with E-state index >= 15 is 0 Å². The Morgan fingerprint density at radius 1 is 1.48 bits per heavy atom. The topological polar surface area (TPSA) is 80.9 Å². The van der Waals surface area contributed by atoms with Crippen LogP contribution >= 0.6 is 22.7 Å². The molecule has 0 unspecified atom stereocenters. The number of thiophene rings is 1. The maximum Gasteiger partial charge on any atom is 0.261 e. The highest BCUT2D eigenvalue weighted by Gasteiger charge is 2.20. The van der Waals surface area contributed by atoms with Crippen LogP contribution in [0.1, 0.15) is 38.5 Å². The number of nitrogens with zero attached hydrogens (tertiary/aromatic N) is 2. The second kappa shape index (κ2) is 6.11. The highest BCUT2D eigenvalue weighted by atomic mass is 32.1. The average molecular weight is 322 g/mol. The van der Waals surface area contributed by atoms with Crippen molar-refractivity contribution in [1.82, 2.24) is 15.5 Å². The van der Waals surface area contributed by atoms with Gasteiger partial charge in [-0.1, -0.05) is 18.3 Å². The summed E-state index contributed by atoms with van der Waals surface area (Å²) >= 11 is 3.00. The van der Waals surface area contributed by atoms with E-state index in [0.29, 0.717) is 18.1 Å². The number of nitrogen functional groups attached to an aromatic ring is 1. The van der Waals surface area contributed by atoms with Crippen LogP contribution in [0, 0.1) is 5.92 Å². The molecule has 7 heteroatoms. The average Bonchev–Trinajstić information content (AvgIpc) is 3.04. The largest absolute Gasteiger partial charge is 0.374 e. The Hall–Kier alpha value is -1.47. The molecule has 1 aliphatic rings. The SMILES string of the molecule is C[C@H]1CCc2sc(C(=O)NCCc3nnc(N)s3)cc2C1. The van der Waals surface area contributed by atoms with Crippen molar-refractivity contribution >= 4 is 33.7 Å². The Morgan fingerprint density at radius 2 is 2.33 bits per heavy atom. The number of carbonyl (C=O) groups is 1. The van der Waals surface area contributed by atoms with Crippen molar-refractivity contribution < 1.29 is 4.79 Å². The second-order valence-corrected chi connectivity index (χ2v) is 7.68. The lowest BCUT2D eigenvalue weighted by molar-refractivity contribution is 0.0958. The Labute approximate surface area is 131 Å². The normalized spacial score (nSPS) is 17.5. The number of hydrogen-bond acceptors (Lipinski definition) is 6. The molecule has 0 aromatic carbocycles. The van der Waals surface area contributed by atoms with Crippen molar-refractivity contribution in [1.29, 1.82) is 0 Å². The number of hydrogen-bond donors (Lipinski definition) is 2. The molecular formula is C14H18N4OS2. The van der Waals surface area contributed by atoms with Gasteiger partial charge >= 0.3 is 0 Å². The summed E-state index contributed by atoms with van der Waals surface area (Å²) in [5, 5.41) is 12.0. The number of nitrogens with two attached hydrogens (primary N) is 1. The van der Waals surface area contributed by atoms with Crippen molar-refractivity contribution in [2.24, 2.45) is 5.92 Å². The van der Waals surface area contributed by atoms with Crippen molar-refractivity contribution in [2.45, 2.75) is 32.6 Å². The van der Waals surface area contributed by atoms with E-state index < -0.39 is 0 Å². The maximum absolute atomic E-state index is 12.2. The quantitative estimate of drug-likeness (QED) is 0.905. The number of carbonyl (C=O) groups excluding carboxylic acids is 1. The van der Waals surface area contributed by atoms with Gasteiger partial charge in [0.2, 0.25) is 5.13 Å². The molecule has 1 atom stereocenters. The molecule has 21 heavy (non-hydrogen) atoms. The third-order valence-electron chi connectivity index (χ3n) is 3.66. The second-order valence-electron chi connectivity index (χ2n) is 5.45. The van der Waals surface area contributed by atoms with Crippen molar-refractivity contribution in [3.8, 4) is 0 Å². The molecule has 1 aliphatic carbocycles. The van der Waals surface area contributed by atoms with E-state index in [9.17, 15) is 4.79 Å². The number of aromatic nitrogens is 2. The molecule has 0 aliphatic heterocycles. The summed E-state index contributed by atoms with van der Waals surface area (Å²) in [4.78, 5) is 14.4. The summed E-state index contributed by atoms with van der Waals surface area (Å²) in [5.41, 5.74) is 6.89. The molecule has 3 rings (SSSR count). The molecule has 0 radical (unpaired) electrons. The van der Waals surface area contributed by atoms with Crippen LogP contribution < -0.4 is 11.1 Å². The molecule has 0 saturated heterocycles. The minimum Gasteiger partial charge on any atom is -0.374 e. The van der Waals surface area contributed by atoms with E-state index in [0.717, 1.165) is 28.6 Å². The highest BCUT2D eigenvalue weighted by Crippen LogP contribution is 2.32. The number of aryl methyl sites for hydroxylation is 1. The third kappa shape index (κ3) is 3.41. The summed E-state index contributed by atoms with van der Waals surface area (Å²) in [6.07, 6.45) is 4.11. The summed E-state index contributed by atoms with van der Waals surface area (Å²) in [5.74, 6) is 0.741. The maximum atomic E-state index is 12.2. The van der Waals surface area contributed by atoms with Crippen LogP contribution in [-0.2, 0) is 19.3 Å². The first-order chi connectivity index (χ1) is 10.1. The number of rotatable bonds is 4. The standard InChI is InChI=1S/C14H18N4OS2/c1-8-2-3-10-9(6-8)7-11(20-10)13(19)16-5-4-12-17-18-14(15)21-12/h7-8H,2-6H2,1H3,(H2,15,18)(H,16,19)/t8-/m0/s1. The molecule has 2 heterocycles. The van der Waals surface area contributed by atoms with E-state index in [1.807, 2.05) is 0 Å². The zero-order valence-electron chi connectivity index (χ0n) is 11.9. The van der Waals surface area contributed by atoms with Gasteiger partial charge in [-0.25, -0.2) is 0 Å². The van der Waals surface area contributed by atoms with Crippen LogP contribution in [0.4, 0.5) is 5.13 Å². The Balaban J connectivity index is 1.56. The molecule has 1 amide bonds. The van der Waals surface area contributed by atoms with Gasteiger partial charge in [-0.2, -0.15) is 0 Å². The Bertz CT molecular complexity index is 649. The Morgan fingerprint density at radius 3 is 3.10 bits per heavy atom. The number of amides is 1. The van der Waals surface area contributed by atoms with Crippen LogP contribution in [0.5, 0.6) is 0 Å². The van der Waals surface area contributed by atoms with Crippen molar-refractivity contribution in [3.05, 3.63) is 26.4 Å². The lowest BCUT2D eigenvalue weighted by atomic mass is 9.90. The van der Waals surface area contributed by atoms with Gasteiger partial charge in [-0.05, 0) is 36.8 Å². The minimum absolute atomic E-state index is 0.0135. The number of fused-ring (bicyclic) bond motifs is 1. The smallest absolute Gasteiger partial charge is 0.261 e. The molecular weight excluding hydrogens is 304 g/mol. The van der Waals surface area contributed by atoms with E-state index in [-0.39, 0.29) is 5.91 Å². The summed E-state index contributed by atoms with van der Waals surface area (Å²) < 4.78 is 0. The molecule has 5 nitrogen and oxygen atoms in total. The molecule has 0 fully saturated rings. The van der Waals surface area contributed by atoms with Gasteiger partial charge in [-0.3, -0.25) is 4.79 Å². The zero-order valence-corrected chi connectivity index (χ0v) is 13.5. The van der Waals surface area contributed by atoms with Gasteiger partial charge in [0.25, 0.3) is 5.91 Å². The number of anilines is 1. The molecule has 2 aromatic rings. The molecule has 0 bridgehead atoms. The van der Waals surface area contributed by atoms with Gasteiger partial charge < -0.3 is 11.1 Å². The van der Waals surface area contributed by atoms with E-state index in [1.165, 1.54) is 28.2 Å². The first kappa shape index (κ1) is 14.5. The van der Waals surface area contributed by atoms with E-state index in [4.69, 9.17) is 5.73 Å². The first-order valence-corrected chi connectivity index (χ1v) is 8.72. The predicted octanol–water partition coefficient (Wildman–Crippen LogP) is 2.28. The monoisotopic (exact) mass is 322 g/mol. The molecule has 112 valence electrons. The van der Waals surface area contributed by atoms with Crippen molar-refractivity contribution in [2.75, 3.05) is 12.3 Å². The van der Waals surface area contributed by atoms with Gasteiger partial charge in [0, 0.05) is 17.8 Å². The third-order valence-corrected chi connectivity index (χ3v) is 5.71. The van der Waals surface area contributed by atoms with Crippen LogP contribution in [0.15, 0.2) is 6.07 Å². The van der Waals surface area contributed by atoms with Gasteiger partial charge in [-0.15, -0.1) is 21.5 Å². The Kier molecular flexibility index (Phi) is 4.21. The molecule has 2 aromatic heterocycles. The molecule has 0 saturated carbocycles. The van der Waals surface area contributed by atoms with Gasteiger partial charge in [0.15, 0.2) is 0 Å². The van der Waals surface area contributed by atoms with Gasteiger partial charge in [0.1, 0.15) is 5.01 Å². The summed E-state index contributed by atoms with van der Waals surface area (Å²) in [6.45, 7) is 2.83. The summed E-state index contributed by atoms with van der Waals surface area (Å²) in [7, 11) is 0. The van der Waals surface area contributed by atoms with Gasteiger partial charge in [0.05, 0.1) is 4.88 Å². The highest BCUT2D eigenvalue weighted by molar-refractivity contribution is 7.15. The van der Waals surface area contributed by atoms with E-state index in [1.54, 1.807) is 11.3 Å². The number of nitrogens with one attached hydrogen (secondary N) is 1. The van der Waals surface area contributed by atoms with Crippen molar-refractivity contribution in [3.63, 3.8) is 0 Å². The fourth-order valence-corrected chi connectivity index (χ4v) is 4.29. The van der Waals surface area contributed by atoms with Crippen LogP contribution in [-0.4, -0.2) is 22.6 Å². The minimum atomic E-state index is 0.0135. The zero-order chi connectivity index (χ0) is 14.8. The van der Waals surface area contributed by atoms with Crippen LogP contribution in [0.25, 0.3) is 0 Å². The first-order valence-electron chi connectivity index (χ1n) is 7.09. The molecule has 3 N–H and O–H groups in total. The fraction of sp³-hybridized carbons (Fsp3) is 0.500. The van der Waals surface area contributed by atoms with Crippen LogP contribution in [0.3, 0.4) is 0 Å². The van der Waals surface area contributed by atoms with Crippen LogP contribution in [0.2, 0.25) is 0 Å². The van der Waals surface area contributed by atoms with E-state index in [2.05, 4.69) is 28.5 Å². The fourth-order valence-electron chi connectivity index (χ4n) is 2.56. The summed E-state index contributed by atoms with van der Waals surface area (Å²) in [6, 6.07) is 2.06. The molecule has 0 spiro atoms. The lowest BCUT2D eigenvalue weighted by Gasteiger charge is -2.16. The predicted molar refractivity (Wildman–Crippen MR) is 85.9 cm³/mol. The lowest BCUT2D eigenvalue weighted by Crippen LogP contribution is -2.24.